The van der Waals surface area contributed by atoms with Gasteiger partial charge in [0.05, 0.1) is 0 Å². The second-order valence-corrected chi connectivity index (χ2v) is 6.40. The van der Waals surface area contributed by atoms with Gasteiger partial charge in [-0.3, -0.25) is 0 Å². The summed E-state index contributed by atoms with van der Waals surface area (Å²) >= 11 is 0. The number of aromatic nitrogens is 2. The van der Waals surface area contributed by atoms with Gasteiger partial charge < -0.3 is 13.8 Å². The molecule has 0 bridgehead atoms. The summed E-state index contributed by atoms with van der Waals surface area (Å²) in [5.41, 5.74) is 0. The first-order valence-corrected chi connectivity index (χ1v) is 8.28. The molecule has 106 valence electrons. The van der Waals surface area contributed by atoms with Crippen molar-refractivity contribution in [1.82, 2.24) is 9.97 Å². The van der Waals surface area contributed by atoms with Gasteiger partial charge in [-0.25, -0.2) is 4.98 Å². The molecule has 0 saturated heterocycles. The van der Waals surface area contributed by atoms with Crippen molar-refractivity contribution in [2.24, 2.45) is 0 Å². The largest absolute Gasteiger partial charge is 0.508 e. The first kappa shape index (κ1) is 13.4. The third kappa shape index (κ3) is 3.32. The zero-order valence-electron chi connectivity index (χ0n) is 11.7. The minimum atomic E-state index is -1.73. The predicted octanol–water partition coefficient (Wildman–Crippen LogP) is 2.30. The van der Waals surface area contributed by atoms with E-state index < -0.39 is 9.28 Å². The molecule has 0 spiro atoms. The Morgan fingerprint density at radius 3 is 2.00 bits per heavy atom. The van der Waals surface area contributed by atoms with Gasteiger partial charge >= 0.3 is 9.28 Å². The molecule has 5 heteroatoms. The van der Waals surface area contributed by atoms with E-state index in [1.165, 1.54) is 5.19 Å². The molecule has 4 rings (SSSR count). The molecule has 0 unspecified atom stereocenters. The van der Waals surface area contributed by atoms with Crippen LogP contribution >= 0.6 is 0 Å². The van der Waals surface area contributed by atoms with Gasteiger partial charge in [-0.1, -0.05) is 42.5 Å². The van der Waals surface area contributed by atoms with Gasteiger partial charge in [0.15, 0.2) is 0 Å². The lowest BCUT2D eigenvalue weighted by molar-refractivity contribution is 0.519. The van der Waals surface area contributed by atoms with Crippen molar-refractivity contribution >= 4 is 14.5 Å². The van der Waals surface area contributed by atoms with E-state index in [2.05, 4.69) is 22.1 Å². The zero-order valence-corrected chi connectivity index (χ0v) is 12.8. The number of fused-ring (bicyclic) bond motifs is 1. The summed E-state index contributed by atoms with van der Waals surface area (Å²) in [7, 11) is -1.73. The summed E-state index contributed by atoms with van der Waals surface area (Å²) in [5.74, 6) is 2.71. The highest BCUT2D eigenvalue weighted by atomic mass is 28.3. The Hall–Kier alpha value is -2.53. The van der Waals surface area contributed by atoms with Gasteiger partial charge in [-0.05, 0) is 19.1 Å². The summed E-state index contributed by atoms with van der Waals surface area (Å²) < 4.78 is 11.6. The molecule has 0 atom stereocenters. The number of hydrogen-bond acceptors (Lipinski definition) is 3. The molecule has 0 amide bonds. The fourth-order valence-electron chi connectivity index (χ4n) is 1.99. The number of nitrogens with one attached hydrogen (secondary N) is 1. The minimum Gasteiger partial charge on any atom is -0.508 e. The second-order valence-electron chi connectivity index (χ2n) is 4.60. The van der Waals surface area contributed by atoms with Gasteiger partial charge in [0, 0.05) is 17.6 Å². The number of imidazole rings is 1. The van der Waals surface area contributed by atoms with Crippen LogP contribution < -0.4 is 14.0 Å². The minimum absolute atomic E-state index is 0.873. The molecule has 2 heterocycles. The van der Waals surface area contributed by atoms with E-state index in [1.54, 1.807) is 12.4 Å². The van der Waals surface area contributed by atoms with E-state index in [-0.39, 0.29) is 0 Å². The topological polar surface area (TPSA) is 47.1 Å². The van der Waals surface area contributed by atoms with Crippen molar-refractivity contribution in [2.45, 2.75) is 6.92 Å². The fraction of sp³-hybridized carbons (Fsp3) is 0.0625. The van der Waals surface area contributed by atoms with E-state index in [9.17, 15) is 0 Å². The lowest BCUT2D eigenvalue weighted by atomic mass is 10.3. The van der Waals surface area contributed by atoms with Gasteiger partial charge in [0.2, 0.25) is 0 Å². The maximum absolute atomic E-state index is 5.81. The molecule has 0 radical (unpaired) electrons. The number of aryl methyl sites for hydroxylation is 1. The molecule has 0 aliphatic carbocycles. The summed E-state index contributed by atoms with van der Waals surface area (Å²) in [6.45, 7) is 1.92. The van der Waals surface area contributed by atoms with E-state index in [0.717, 1.165) is 17.3 Å². The first-order valence-electron chi connectivity index (χ1n) is 6.76. The van der Waals surface area contributed by atoms with Crippen molar-refractivity contribution in [3.63, 3.8) is 0 Å². The van der Waals surface area contributed by atoms with Crippen LogP contribution in [0, 0.1) is 6.92 Å². The molecule has 1 aromatic heterocycles. The van der Waals surface area contributed by atoms with Crippen LogP contribution in [-0.2, 0) is 0 Å². The number of hydrogen-bond donors (Lipinski definition) is 1. The van der Waals surface area contributed by atoms with E-state index in [0.29, 0.717) is 0 Å². The Morgan fingerprint density at radius 1 is 0.905 bits per heavy atom. The Balaban J connectivity index is 0.000000186. The molecule has 4 nitrogen and oxygen atoms in total. The number of aromatic amines is 1. The molecule has 1 N–H and O–H groups in total. The molecular formula is C16H16N2O2Si. The number of rotatable bonds is 1. The smallest absolute Gasteiger partial charge is 0.479 e. The van der Waals surface area contributed by atoms with Gasteiger partial charge in [-0.2, -0.15) is 0 Å². The van der Waals surface area contributed by atoms with Gasteiger partial charge in [-0.15, -0.1) is 0 Å². The van der Waals surface area contributed by atoms with E-state index >= 15 is 0 Å². The Morgan fingerprint density at radius 2 is 1.52 bits per heavy atom. The summed E-state index contributed by atoms with van der Waals surface area (Å²) in [4.78, 5) is 6.75. The van der Waals surface area contributed by atoms with Crippen LogP contribution in [0.1, 0.15) is 5.82 Å². The summed E-state index contributed by atoms with van der Waals surface area (Å²) in [6.07, 6.45) is 3.53. The Bertz CT molecular complexity index is 662. The maximum atomic E-state index is 5.81. The predicted molar refractivity (Wildman–Crippen MR) is 84.2 cm³/mol. The normalized spacial score (nSPS) is 12.6. The SMILES string of the molecule is Cc1ncc[nH]1.c1ccc([SiH]2Oc3ccccc3O2)cc1. The molecular weight excluding hydrogens is 280 g/mol. The van der Waals surface area contributed by atoms with Crippen LogP contribution in [0.3, 0.4) is 0 Å². The van der Waals surface area contributed by atoms with Crippen LogP contribution in [0.4, 0.5) is 0 Å². The van der Waals surface area contributed by atoms with Crippen molar-refractivity contribution in [1.29, 1.82) is 0 Å². The number of H-pyrrole nitrogens is 1. The third-order valence-electron chi connectivity index (χ3n) is 3.02. The second kappa shape index (κ2) is 6.28. The summed E-state index contributed by atoms with van der Waals surface area (Å²) in [6, 6.07) is 18.0. The van der Waals surface area contributed by atoms with Gasteiger partial charge in [0.25, 0.3) is 0 Å². The van der Waals surface area contributed by atoms with Crippen molar-refractivity contribution < 1.29 is 8.85 Å². The van der Waals surface area contributed by atoms with Crippen molar-refractivity contribution in [2.75, 3.05) is 0 Å². The third-order valence-corrected chi connectivity index (χ3v) is 4.89. The van der Waals surface area contributed by atoms with Crippen LogP contribution in [0.15, 0.2) is 67.0 Å². The van der Waals surface area contributed by atoms with Crippen molar-refractivity contribution in [3.05, 3.63) is 72.8 Å². The maximum Gasteiger partial charge on any atom is 0.479 e. The zero-order chi connectivity index (χ0) is 14.5. The van der Waals surface area contributed by atoms with Crippen LogP contribution in [0.25, 0.3) is 0 Å². The highest BCUT2D eigenvalue weighted by Crippen LogP contribution is 2.32. The number of para-hydroxylation sites is 2. The highest BCUT2D eigenvalue weighted by Gasteiger charge is 2.28. The van der Waals surface area contributed by atoms with Gasteiger partial charge in [0.1, 0.15) is 17.3 Å². The average molecular weight is 296 g/mol. The van der Waals surface area contributed by atoms with E-state index in [4.69, 9.17) is 8.85 Å². The molecule has 1 aliphatic rings. The summed E-state index contributed by atoms with van der Waals surface area (Å²) in [5, 5.41) is 1.17. The van der Waals surface area contributed by atoms with Crippen molar-refractivity contribution in [3.8, 4) is 11.5 Å². The molecule has 0 saturated carbocycles. The standard InChI is InChI=1S/C12H10O2Si.C4H6N2/c1-2-6-10(7-3-1)15-13-11-8-4-5-9-12(11)14-15;1-4-5-2-3-6-4/h1-9,15H;2-3H,1H3,(H,5,6). The monoisotopic (exact) mass is 296 g/mol. The fourth-order valence-corrected chi connectivity index (χ4v) is 3.70. The highest BCUT2D eigenvalue weighted by molar-refractivity contribution is 6.63. The van der Waals surface area contributed by atoms with Crippen LogP contribution in [0.5, 0.6) is 11.5 Å². The Labute approximate surface area is 125 Å². The quantitative estimate of drug-likeness (QED) is 0.701. The molecule has 0 fully saturated rings. The van der Waals surface area contributed by atoms with E-state index in [1.807, 2.05) is 49.4 Å². The average Bonchev–Trinajstić information content (AvgIpc) is 3.17. The van der Waals surface area contributed by atoms with Crippen LogP contribution in [-0.4, -0.2) is 19.3 Å². The molecule has 1 aliphatic heterocycles. The molecule has 2 aromatic carbocycles. The lowest BCUT2D eigenvalue weighted by Crippen LogP contribution is -2.38. The molecule has 3 aromatic rings. The number of nitrogens with zero attached hydrogens (tertiary/aromatic N) is 1. The Kier molecular flexibility index (Phi) is 4.02. The lowest BCUT2D eigenvalue weighted by Gasteiger charge is -2.06. The first-order chi connectivity index (χ1) is 10.3. The molecule has 21 heavy (non-hydrogen) atoms. The van der Waals surface area contributed by atoms with Crippen LogP contribution in [0.2, 0.25) is 0 Å². The number of benzene rings is 2.